The Kier molecular flexibility index (Phi) is 6.47. The van der Waals surface area contributed by atoms with Crippen molar-refractivity contribution in [3.63, 3.8) is 0 Å². The molecule has 0 aliphatic carbocycles. The molecule has 9 heteroatoms. The number of halogens is 2. The summed E-state index contributed by atoms with van der Waals surface area (Å²) in [6, 6.07) is 4.56. The predicted octanol–water partition coefficient (Wildman–Crippen LogP) is 3.36. The van der Waals surface area contributed by atoms with E-state index < -0.39 is 17.7 Å². The van der Waals surface area contributed by atoms with Crippen LogP contribution in [0.4, 0.5) is 14.6 Å². The van der Waals surface area contributed by atoms with Crippen molar-refractivity contribution >= 4 is 17.9 Å². The molecular formula is C21H20F2N6O. The Morgan fingerprint density at radius 2 is 2.03 bits per heavy atom. The van der Waals surface area contributed by atoms with E-state index in [1.807, 2.05) is 18.0 Å². The number of aromatic nitrogens is 2. The molecule has 0 radical (unpaired) electrons. The van der Waals surface area contributed by atoms with Crippen molar-refractivity contribution in [1.29, 1.82) is 5.26 Å². The number of anilines is 1. The molecule has 1 unspecified atom stereocenters. The highest BCUT2D eigenvalue weighted by Gasteiger charge is 2.30. The molecular weight excluding hydrogens is 390 g/mol. The zero-order valence-electron chi connectivity index (χ0n) is 16.4. The topological polar surface area (TPSA) is 85.5 Å². The number of amides is 1. The minimum Gasteiger partial charge on any atom is -0.358 e. The average molecular weight is 410 g/mol. The molecule has 1 aromatic heterocycles. The number of carbonyl (C=O) groups excluding carboxylic acids is 1. The average Bonchev–Trinajstić information content (AvgIpc) is 3.22. The molecule has 154 valence electrons. The number of benzene rings is 1. The van der Waals surface area contributed by atoms with E-state index in [1.54, 1.807) is 6.21 Å². The summed E-state index contributed by atoms with van der Waals surface area (Å²) in [5.41, 5.74) is 0.950. The maximum absolute atomic E-state index is 13.6. The van der Waals surface area contributed by atoms with Gasteiger partial charge < -0.3 is 4.90 Å². The summed E-state index contributed by atoms with van der Waals surface area (Å²) in [5.74, 6) is -1.16. The SMILES string of the molecule is C=C(CCCN(C)c1cnc(C#N)cn1)C(=O)N1N=CCC1c1cc(F)cc(F)c1. The third-order valence-electron chi connectivity index (χ3n) is 4.73. The molecule has 1 amide bonds. The first-order valence-electron chi connectivity index (χ1n) is 9.32. The van der Waals surface area contributed by atoms with E-state index in [9.17, 15) is 13.6 Å². The van der Waals surface area contributed by atoms with Crippen LogP contribution in [0.3, 0.4) is 0 Å². The molecule has 2 heterocycles. The smallest absolute Gasteiger partial charge is 0.269 e. The van der Waals surface area contributed by atoms with Crippen LogP contribution in [0, 0.1) is 23.0 Å². The van der Waals surface area contributed by atoms with Crippen molar-refractivity contribution in [2.24, 2.45) is 5.10 Å². The van der Waals surface area contributed by atoms with Crippen LogP contribution in [0.1, 0.15) is 36.6 Å². The van der Waals surface area contributed by atoms with Gasteiger partial charge >= 0.3 is 0 Å². The second-order valence-corrected chi connectivity index (χ2v) is 6.90. The summed E-state index contributed by atoms with van der Waals surface area (Å²) in [6.07, 6.45) is 5.88. The lowest BCUT2D eigenvalue weighted by Gasteiger charge is -2.23. The Morgan fingerprint density at radius 1 is 1.30 bits per heavy atom. The van der Waals surface area contributed by atoms with E-state index in [-0.39, 0.29) is 11.6 Å². The maximum Gasteiger partial charge on any atom is 0.269 e. The third-order valence-corrected chi connectivity index (χ3v) is 4.73. The van der Waals surface area contributed by atoms with Crippen LogP contribution in [0.15, 0.2) is 47.8 Å². The highest BCUT2D eigenvalue weighted by atomic mass is 19.1. The van der Waals surface area contributed by atoms with Crippen molar-refractivity contribution in [1.82, 2.24) is 15.0 Å². The molecule has 0 spiro atoms. The Hall–Kier alpha value is -3.67. The van der Waals surface area contributed by atoms with Gasteiger partial charge in [0.1, 0.15) is 23.5 Å². The largest absolute Gasteiger partial charge is 0.358 e. The zero-order chi connectivity index (χ0) is 21.7. The number of carbonyl (C=O) groups is 1. The lowest BCUT2D eigenvalue weighted by atomic mass is 10.0. The van der Waals surface area contributed by atoms with E-state index in [2.05, 4.69) is 21.6 Å². The second kappa shape index (κ2) is 9.22. The number of hydrogen-bond acceptors (Lipinski definition) is 6. The summed E-state index contributed by atoms with van der Waals surface area (Å²) >= 11 is 0. The lowest BCUT2D eigenvalue weighted by Crippen LogP contribution is -2.29. The molecule has 0 saturated carbocycles. The van der Waals surface area contributed by atoms with E-state index >= 15 is 0 Å². The Balaban J connectivity index is 1.56. The summed E-state index contributed by atoms with van der Waals surface area (Å²) in [5, 5.41) is 14.1. The zero-order valence-corrected chi connectivity index (χ0v) is 16.4. The van der Waals surface area contributed by atoms with Crippen LogP contribution < -0.4 is 4.90 Å². The highest BCUT2D eigenvalue weighted by Crippen LogP contribution is 2.30. The Morgan fingerprint density at radius 3 is 2.67 bits per heavy atom. The van der Waals surface area contributed by atoms with Crippen LogP contribution in [0.5, 0.6) is 0 Å². The first-order chi connectivity index (χ1) is 14.4. The van der Waals surface area contributed by atoms with Crippen molar-refractivity contribution in [2.75, 3.05) is 18.5 Å². The van der Waals surface area contributed by atoms with E-state index in [0.717, 1.165) is 6.07 Å². The lowest BCUT2D eigenvalue weighted by molar-refractivity contribution is -0.129. The van der Waals surface area contributed by atoms with Gasteiger partial charge in [-0.1, -0.05) is 6.58 Å². The first kappa shape index (κ1) is 21.0. The van der Waals surface area contributed by atoms with Gasteiger partial charge in [-0.2, -0.15) is 10.4 Å². The van der Waals surface area contributed by atoms with Crippen LogP contribution >= 0.6 is 0 Å². The van der Waals surface area contributed by atoms with Crippen LogP contribution in [-0.2, 0) is 4.79 Å². The molecule has 1 aromatic carbocycles. The number of hydrazone groups is 1. The maximum atomic E-state index is 13.6. The fourth-order valence-electron chi connectivity index (χ4n) is 3.14. The van der Waals surface area contributed by atoms with Gasteiger partial charge in [-0.05, 0) is 30.5 Å². The molecule has 2 aromatic rings. The van der Waals surface area contributed by atoms with E-state index in [0.29, 0.717) is 42.8 Å². The van der Waals surface area contributed by atoms with Gasteiger partial charge in [-0.3, -0.25) is 4.79 Å². The van der Waals surface area contributed by atoms with Gasteiger partial charge in [0.05, 0.1) is 18.4 Å². The van der Waals surface area contributed by atoms with Gasteiger partial charge in [0.2, 0.25) is 0 Å². The van der Waals surface area contributed by atoms with Crippen molar-refractivity contribution in [2.45, 2.75) is 25.3 Å². The molecule has 1 aliphatic heterocycles. The molecule has 0 fully saturated rings. The Labute approximate surface area is 173 Å². The normalized spacial score (nSPS) is 15.1. The van der Waals surface area contributed by atoms with Gasteiger partial charge in [0, 0.05) is 37.9 Å². The minimum atomic E-state index is -0.697. The highest BCUT2D eigenvalue weighted by molar-refractivity contribution is 5.94. The third kappa shape index (κ3) is 4.84. The van der Waals surface area contributed by atoms with Gasteiger partial charge in [-0.25, -0.2) is 23.8 Å². The van der Waals surface area contributed by atoms with Crippen molar-refractivity contribution in [3.8, 4) is 6.07 Å². The van der Waals surface area contributed by atoms with Crippen molar-refractivity contribution < 1.29 is 13.6 Å². The standard InChI is InChI=1S/C21H20F2N6O/c1-14(4-3-7-28(2)20-13-25-18(11-24)12-26-20)21(30)29-19(5-6-27-29)15-8-16(22)10-17(23)9-15/h6,8-10,12-13,19H,1,3-5,7H2,2H3. The van der Waals surface area contributed by atoms with Gasteiger partial charge in [0.15, 0.2) is 5.69 Å². The van der Waals surface area contributed by atoms with Gasteiger partial charge in [-0.15, -0.1) is 0 Å². The fourth-order valence-corrected chi connectivity index (χ4v) is 3.14. The summed E-state index contributed by atoms with van der Waals surface area (Å²) in [6.45, 7) is 4.45. The summed E-state index contributed by atoms with van der Waals surface area (Å²) in [4.78, 5) is 22.8. The van der Waals surface area contributed by atoms with E-state index in [4.69, 9.17) is 5.26 Å². The molecule has 0 bridgehead atoms. The fraction of sp³-hybridized carbons (Fsp3) is 0.286. The van der Waals surface area contributed by atoms with Crippen LogP contribution in [0.2, 0.25) is 0 Å². The number of nitrogens with zero attached hydrogens (tertiary/aromatic N) is 6. The predicted molar refractivity (Wildman–Crippen MR) is 107 cm³/mol. The molecule has 1 aliphatic rings. The summed E-state index contributed by atoms with van der Waals surface area (Å²) < 4.78 is 27.1. The van der Waals surface area contributed by atoms with Crippen LogP contribution in [0.25, 0.3) is 0 Å². The molecule has 0 saturated heterocycles. The quantitative estimate of drug-likeness (QED) is 0.654. The molecule has 30 heavy (non-hydrogen) atoms. The minimum absolute atomic E-state index is 0.241. The van der Waals surface area contributed by atoms with E-state index in [1.165, 1.54) is 29.5 Å². The second-order valence-electron chi connectivity index (χ2n) is 6.90. The number of nitriles is 1. The number of rotatable bonds is 7. The van der Waals surface area contributed by atoms with Crippen molar-refractivity contribution in [3.05, 3.63) is 65.6 Å². The summed E-state index contributed by atoms with van der Waals surface area (Å²) in [7, 11) is 1.83. The molecule has 7 nitrogen and oxygen atoms in total. The molecule has 3 rings (SSSR count). The van der Waals surface area contributed by atoms with Crippen LogP contribution in [-0.4, -0.2) is 40.7 Å². The number of hydrogen-bond donors (Lipinski definition) is 0. The first-order valence-corrected chi connectivity index (χ1v) is 9.32. The molecule has 1 atom stereocenters. The Bertz CT molecular complexity index is 995. The monoisotopic (exact) mass is 410 g/mol. The molecule has 0 N–H and O–H groups in total. The van der Waals surface area contributed by atoms with Gasteiger partial charge in [0.25, 0.3) is 5.91 Å².